The number of rotatable bonds is 10. The first-order chi connectivity index (χ1) is 9.58. The molecular weight excluding hydrogens is 264 g/mol. The summed E-state index contributed by atoms with van der Waals surface area (Å²) in [6.45, 7) is 6.59. The molecule has 114 valence electrons. The highest BCUT2D eigenvalue weighted by atomic mass is 35.5. The number of aryl methyl sites for hydroxylation is 1. The van der Waals surface area contributed by atoms with Crippen LogP contribution in [-0.4, -0.2) is 0 Å². The molecule has 1 aromatic rings. The first kappa shape index (κ1) is 17.6. The van der Waals surface area contributed by atoms with Gasteiger partial charge >= 0.3 is 0 Å². The van der Waals surface area contributed by atoms with Gasteiger partial charge < -0.3 is 0 Å². The molecule has 0 heterocycles. The van der Waals surface area contributed by atoms with Gasteiger partial charge in [0.05, 0.1) is 4.87 Å². The van der Waals surface area contributed by atoms with E-state index in [1.54, 1.807) is 0 Å². The molecule has 0 aromatic heterocycles. The summed E-state index contributed by atoms with van der Waals surface area (Å²) >= 11 is 6.75. The fourth-order valence-electron chi connectivity index (χ4n) is 2.88. The van der Waals surface area contributed by atoms with E-state index < -0.39 is 0 Å². The smallest absolute Gasteiger partial charge is 0.0669 e. The molecule has 0 bridgehead atoms. The third-order valence-electron chi connectivity index (χ3n) is 4.21. The Morgan fingerprint density at radius 2 is 1.45 bits per heavy atom. The molecule has 0 N–H and O–H groups in total. The van der Waals surface area contributed by atoms with Crippen molar-refractivity contribution in [2.45, 2.75) is 83.4 Å². The number of unbranched alkanes of at least 4 members (excludes halogenated alkanes) is 7. The van der Waals surface area contributed by atoms with Gasteiger partial charge in [0.1, 0.15) is 0 Å². The predicted molar refractivity (Wildman–Crippen MR) is 91.6 cm³/mol. The molecule has 0 aliphatic heterocycles. The second-order valence-electron chi connectivity index (χ2n) is 6.24. The fourth-order valence-corrected chi connectivity index (χ4v) is 3.23. The molecule has 0 radical (unpaired) electrons. The Morgan fingerprint density at radius 1 is 0.900 bits per heavy atom. The monoisotopic (exact) mass is 294 g/mol. The number of halogens is 1. The molecule has 0 saturated heterocycles. The van der Waals surface area contributed by atoms with Crippen molar-refractivity contribution in [3.63, 3.8) is 0 Å². The zero-order valence-corrected chi connectivity index (χ0v) is 14.3. The first-order valence-corrected chi connectivity index (χ1v) is 8.70. The minimum Gasteiger partial charge on any atom is -0.114 e. The fraction of sp³-hybridized carbons (Fsp3) is 0.684. The van der Waals surface area contributed by atoms with Crippen LogP contribution < -0.4 is 0 Å². The van der Waals surface area contributed by atoms with Crippen LogP contribution in [0.1, 0.15) is 82.8 Å². The van der Waals surface area contributed by atoms with Gasteiger partial charge in [0, 0.05) is 0 Å². The topological polar surface area (TPSA) is 0 Å². The van der Waals surface area contributed by atoms with Crippen molar-refractivity contribution < 1.29 is 0 Å². The Bertz CT molecular complexity index is 368. The molecule has 0 fully saturated rings. The second-order valence-corrected chi connectivity index (χ2v) is 7.07. The largest absolute Gasteiger partial charge is 0.114 e. The lowest BCUT2D eigenvalue weighted by molar-refractivity contribution is 0.517. The van der Waals surface area contributed by atoms with Crippen molar-refractivity contribution in [3.05, 3.63) is 35.4 Å². The standard InChI is InChI=1S/C19H31Cl/c1-4-5-6-7-8-9-10-13-16-19(3,20)18-15-12-11-14-17(18)2/h11-12,14-15H,4-10,13,16H2,1-3H3. The van der Waals surface area contributed by atoms with Crippen LogP contribution in [0.5, 0.6) is 0 Å². The summed E-state index contributed by atoms with van der Waals surface area (Å²) in [5.74, 6) is 0. The van der Waals surface area contributed by atoms with Gasteiger partial charge in [-0.15, -0.1) is 11.6 Å². The summed E-state index contributed by atoms with van der Waals surface area (Å²) in [6.07, 6.45) is 11.9. The second kappa shape index (κ2) is 9.45. The van der Waals surface area contributed by atoms with Crippen molar-refractivity contribution in [2.24, 2.45) is 0 Å². The minimum atomic E-state index is -0.201. The van der Waals surface area contributed by atoms with E-state index in [4.69, 9.17) is 11.6 Å². The quantitative estimate of drug-likeness (QED) is 0.322. The Kier molecular flexibility index (Phi) is 8.30. The van der Waals surface area contributed by atoms with E-state index in [0.717, 1.165) is 6.42 Å². The Hall–Kier alpha value is -0.490. The van der Waals surface area contributed by atoms with E-state index in [1.807, 2.05) is 0 Å². The van der Waals surface area contributed by atoms with Crippen molar-refractivity contribution in [1.82, 2.24) is 0 Å². The Morgan fingerprint density at radius 3 is 2.05 bits per heavy atom. The molecule has 1 aromatic carbocycles. The molecule has 1 rings (SSSR count). The van der Waals surface area contributed by atoms with Crippen LogP contribution in [0, 0.1) is 6.92 Å². The summed E-state index contributed by atoms with van der Waals surface area (Å²) in [4.78, 5) is -0.201. The maximum Gasteiger partial charge on any atom is 0.0669 e. The van der Waals surface area contributed by atoms with Crippen molar-refractivity contribution in [2.75, 3.05) is 0 Å². The molecule has 20 heavy (non-hydrogen) atoms. The van der Waals surface area contributed by atoms with Gasteiger partial charge in [0.25, 0.3) is 0 Å². The molecule has 0 nitrogen and oxygen atoms in total. The van der Waals surface area contributed by atoms with E-state index in [2.05, 4.69) is 45.0 Å². The predicted octanol–water partition coefficient (Wildman–Crippen LogP) is 6.98. The summed E-state index contributed by atoms with van der Waals surface area (Å²) in [6, 6.07) is 8.51. The SMILES string of the molecule is CCCCCCCCCCC(C)(Cl)c1ccccc1C. The molecule has 1 unspecified atom stereocenters. The zero-order chi connectivity index (χ0) is 14.8. The molecule has 1 atom stereocenters. The van der Waals surface area contributed by atoms with Crippen LogP contribution in [0.2, 0.25) is 0 Å². The number of alkyl halides is 1. The molecule has 1 heteroatoms. The maximum absolute atomic E-state index is 6.75. The Balaban J connectivity index is 2.22. The lowest BCUT2D eigenvalue weighted by atomic mass is 9.90. The molecule has 0 spiro atoms. The van der Waals surface area contributed by atoms with Crippen molar-refractivity contribution in [1.29, 1.82) is 0 Å². The first-order valence-electron chi connectivity index (χ1n) is 8.33. The normalized spacial score (nSPS) is 14.2. The van der Waals surface area contributed by atoms with Crippen molar-refractivity contribution in [3.8, 4) is 0 Å². The van der Waals surface area contributed by atoms with Gasteiger partial charge in [-0.25, -0.2) is 0 Å². The van der Waals surface area contributed by atoms with Gasteiger partial charge in [-0.1, -0.05) is 82.6 Å². The molecular formula is C19H31Cl. The van der Waals surface area contributed by atoms with Crippen LogP contribution in [0.15, 0.2) is 24.3 Å². The molecule has 0 saturated carbocycles. The van der Waals surface area contributed by atoms with Crippen molar-refractivity contribution >= 4 is 11.6 Å². The number of benzene rings is 1. The summed E-state index contributed by atoms with van der Waals surface area (Å²) in [7, 11) is 0. The highest BCUT2D eigenvalue weighted by Crippen LogP contribution is 2.36. The molecule has 0 aliphatic carbocycles. The van der Waals surface area contributed by atoms with E-state index in [-0.39, 0.29) is 4.87 Å². The van der Waals surface area contributed by atoms with Gasteiger partial charge in [-0.2, -0.15) is 0 Å². The van der Waals surface area contributed by atoms with Crippen LogP contribution in [-0.2, 0) is 4.87 Å². The van der Waals surface area contributed by atoms with Gasteiger partial charge in [0.15, 0.2) is 0 Å². The van der Waals surface area contributed by atoms with Gasteiger partial charge in [-0.05, 0) is 31.4 Å². The van der Waals surface area contributed by atoms with E-state index in [9.17, 15) is 0 Å². The summed E-state index contributed by atoms with van der Waals surface area (Å²) in [5.41, 5.74) is 2.61. The average molecular weight is 295 g/mol. The number of hydrogen-bond donors (Lipinski definition) is 0. The lowest BCUT2D eigenvalue weighted by Crippen LogP contribution is -2.15. The number of hydrogen-bond acceptors (Lipinski definition) is 0. The highest BCUT2D eigenvalue weighted by Gasteiger charge is 2.24. The van der Waals surface area contributed by atoms with Crippen LogP contribution in [0.4, 0.5) is 0 Å². The summed E-state index contributed by atoms with van der Waals surface area (Å²) < 4.78 is 0. The molecule has 0 amide bonds. The lowest BCUT2D eigenvalue weighted by Gasteiger charge is -2.24. The van der Waals surface area contributed by atoms with Gasteiger partial charge in [0.2, 0.25) is 0 Å². The van der Waals surface area contributed by atoms with E-state index in [1.165, 1.54) is 62.5 Å². The van der Waals surface area contributed by atoms with E-state index in [0.29, 0.717) is 0 Å². The van der Waals surface area contributed by atoms with Crippen LogP contribution in [0.3, 0.4) is 0 Å². The van der Waals surface area contributed by atoms with E-state index >= 15 is 0 Å². The third-order valence-corrected chi connectivity index (χ3v) is 4.60. The third kappa shape index (κ3) is 6.31. The summed E-state index contributed by atoms with van der Waals surface area (Å²) in [5, 5.41) is 0. The Labute approximate surface area is 130 Å². The highest BCUT2D eigenvalue weighted by molar-refractivity contribution is 6.23. The van der Waals surface area contributed by atoms with Gasteiger partial charge in [-0.3, -0.25) is 0 Å². The maximum atomic E-state index is 6.75. The minimum absolute atomic E-state index is 0.201. The average Bonchev–Trinajstić information content (AvgIpc) is 2.42. The van der Waals surface area contributed by atoms with Crippen LogP contribution in [0.25, 0.3) is 0 Å². The van der Waals surface area contributed by atoms with Crippen LogP contribution >= 0.6 is 11.6 Å². The molecule has 0 aliphatic rings. The zero-order valence-electron chi connectivity index (χ0n) is 13.6.